The summed E-state index contributed by atoms with van der Waals surface area (Å²) in [6.45, 7) is 4.61. The average molecular weight is 445 g/mol. The summed E-state index contributed by atoms with van der Waals surface area (Å²) in [7, 11) is 0. The van der Waals surface area contributed by atoms with Gasteiger partial charge in [0.25, 0.3) is 0 Å². The molecule has 6 heteroatoms. The molecule has 0 bridgehead atoms. The third-order valence-corrected chi connectivity index (χ3v) is 6.59. The zero-order chi connectivity index (χ0) is 23.1. The fourth-order valence-electron chi connectivity index (χ4n) is 4.74. The predicted octanol–water partition coefficient (Wildman–Crippen LogP) is 4.56. The van der Waals surface area contributed by atoms with Crippen molar-refractivity contribution in [2.45, 2.75) is 76.0 Å². The number of benzene rings is 2. The highest BCUT2D eigenvalue weighted by molar-refractivity contribution is 5.47. The van der Waals surface area contributed by atoms with Crippen LogP contribution in [-0.2, 0) is 16.8 Å². The minimum absolute atomic E-state index is 0.131. The van der Waals surface area contributed by atoms with Crippen molar-refractivity contribution in [1.82, 2.24) is 10.6 Å². The molecule has 0 saturated heterocycles. The number of aliphatic hydroxyl groups is 1. The third kappa shape index (κ3) is 6.14. The van der Waals surface area contributed by atoms with Gasteiger partial charge in [-0.3, -0.25) is 4.79 Å². The summed E-state index contributed by atoms with van der Waals surface area (Å²) in [5.74, 6) is -0.929. The van der Waals surface area contributed by atoms with Gasteiger partial charge in [0, 0.05) is 18.2 Å². The lowest BCUT2D eigenvalue weighted by molar-refractivity contribution is -0.110. The van der Waals surface area contributed by atoms with E-state index in [1.807, 2.05) is 0 Å². The lowest BCUT2D eigenvalue weighted by Crippen LogP contribution is -2.52. The standard InChI is InChI=1S/C26H34F2N2O2/c1-18(2)20-7-6-8-21(14-20)26(9-4-3-5-10-26)30-16-25(32)24(29-17-31)13-19-11-22(27)15-23(28)12-19/h6-8,11-12,14-15,17-18,24-25,30,32H,3-5,9-10,13,16H2,1-2H3,(H,29,31)/t24-,25+/m0/s1. The maximum absolute atomic E-state index is 13.6. The molecule has 1 saturated carbocycles. The Morgan fingerprint density at radius 1 is 1.06 bits per heavy atom. The molecule has 0 unspecified atom stereocenters. The van der Waals surface area contributed by atoms with Crippen LogP contribution < -0.4 is 10.6 Å². The van der Waals surface area contributed by atoms with Crippen molar-refractivity contribution in [3.05, 3.63) is 70.8 Å². The number of nitrogens with one attached hydrogen (secondary N) is 2. The van der Waals surface area contributed by atoms with Gasteiger partial charge >= 0.3 is 0 Å². The number of carbonyl (C=O) groups excluding carboxylic acids is 1. The summed E-state index contributed by atoms with van der Waals surface area (Å²) >= 11 is 0. The van der Waals surface area contributed by atoms with Crippen molar-refractivity contribution in [2.24, 2.45) is 0 Å². The molecule has 3 rings (SSSR count). The lowest BCUT2D eigenvalue weighted by Gasteiger charge is -2.40. The first-order valence-electron chi connectivity index (χ1n) is 11.5. The summed E-state index contributed by atoms with van der Waals surface area (Å²) in [6, 6.07) is 11.2. The minimum Gasteiger partial charge on any atom is -0.390 e. The van der Waals surface area contributed by atoms with Crippen molar-refractivity contribution >= 4 is 6.41 Å². The van der Waals surface area contributed by atoms with E-state index in [0.29, 0.717) is 17.9 Å². The Morgan fingerprint density at radius 3 is 2.38 bits per heavy atom. The highest BCUT2D eigenvalue weighted by Crippen LogP contribution is 2.38. The fourth-order valence-corrected chi connectivity index (χ4v) is 4.74. The summed E-state index contributed by atoms with van der Waals surface area (Å²) in [5.41, 5.74) is 2.66. The zero-order valence-electron chi connectivity index (χ0n) is 18.9. The van der Waals surface area contributed by atoms with Crippen LogP contribution in [0.2, 0.25) is 0 Å². The molecular weight excluding hydrogens is 410 g/mol. The lowest BCUT2D eigenvalue weighted by atomic mass is 9.75. The molecule has 0 heterocycles. The SMILES string of the molecule is CC(C)c1cccc(C2(NC[C@@H](O)[C@H](Cc3cc(F)cc(F)c3)NC=O)CCCCC2)c1. The number of halogens is 2. The molecule has 3 N–H and O–H groups in total. The zero-order valence-corrected chi connectivity index (χ0v) is 18.9. The summed E-state index contributed by atoms with van der Waals surface area (Å²) in [5, 5.41) is 17.1. The van der Waals surface area contributed by atoms with E-state index in [1.54, 1.807) is 0 Å². The van der Waals surface area contributed by atoms with Crippen molar-refractivity contribution < 1.29 is 18.7 Å². The Balaban J connectivity index is 1.76. The summed E-state index contributed by atoms with van der Waals surface area (Å²) in [4.78, 5) is 11.1. The Hall–Kier alpha value is -2.31. The van der Waals surface area contributed by atoms with Crippen LogP contribution in [0.4, 0.5) is 8.78 Å². The molecule has 1 amide bonds. The van der Waals surface area contributed by atoms with Crippen LogP contribution in [0.1, 0.15) is 68.6 Å². The van der Waals surface area contributed by atoms with Gasteiger partial charge in [-0.15, -0.1) is 0 Å². The van der Waals surface area contributed by atoms with Gasteiger partial charge < -0.3 is 15.7 Å². The third-order valence-electron chi connectivity index (χ3n) is 6.59. The molecule has 1 fully saturated rings. The van der Waals surface area contributed by atoms with Gasteiger partial charge in [-0.2, -0.15) is 0 Å². The van der Waals surface area contributed by atoms with Crippen molar-refractivity contribution in [3.63, 3.8) is 0 Å². The van der Waals surface area contributed by atoms with Gasteiger partial charge in [0.2, 0.25) is 6.41 Å². The molecule has 1 aliphatic carbocycles. The van der Waals surface area contributed by atoms with Crippen LogP contribution in [0.3, 0.4) is 0 Å². The van der Waals surface area contributed by atoms with E-state index < -0.39 is 23.8 Å². The first-order valence-corrected chi connectivity index (χ1v) is 11.5. The molecule has 4 nitrogen and oxygen atoms in total. The molecule has 2 atom stereocenters. The summed E-state index contributed by atoms with van der Waals surface area (Å²) in [6.07, 6.45) is 5.08. The highest BCUT2D eigenvalue weighted by Gasteiger charge is 2.35. The molecule has 174 valence electrons. The molecule has 0 aliphatic heterocycles. The van der Waals surface area contributed by atoms with Crippen LogP contribution in [0.5, 0.6) is 0 Å². The Bertz CT molecular complexity index is 877. The number of hydrogen-bond acceptors (Lipinski definition) is 3. The molecule has 1 aliphatic rings. The first kappa shape index (κ1) is 24.3. The first-order chi connectivity index (χ1) is 15.3. The normalized spacial score (nSPS) is 17.7. The average Bonchev–Trinajstić information content (AvgIpc) is 2.77. The Morgan fingerprint density at radius 2 is 1.75 bits per heavy atom. The number of hydrogen-bond donors (Lipinski definition) is 3. The molecule has 0 aromatic heterocycles. The van der Waals surface area contributed by atoms with Gasteiger partial charge in [-0.25, -0.2) is 8.78 Å². The monoisotopic (exact) mass is 444 g/mol. The summed E-state index contributed by atoms with van der Waals surface area (Å²) < 4.78 is 27.2. The van der Waals surface area contributed by atoms with E-state index >= 15 is 0 Å². The van der Waals surface area contributed by atoms with Gasteiger partial charge in [-0.1, -0.05) is 57.4 Å². The van der Waals surface area contributed by atoms with E-state index in [1.165, 1.54) is 29.7 Å². The van der Waals surface area contributed by atoms with E-state index in [0.717, 1.165) is 31.7 Å². The smallest absolute Gasteiger partial charge is 0.207 e. The predicted molar refractivity (Wildman–Crippen MR) is 122 cm³/mol. The molecule has 0 radical (unpaired) electrons. The molecule has 32 heavy (non-hydrogen) atoms. The van der Waals surface area contributed by atoms with E-state index in [9.17, 15) is 18.7 Å². The van der Waals surface area contributed by atoms with Gasteiger partial charge in [0.05, 0.1) is 12.1 Å². The number of carbonyl (C=O) groups is 1. The van der Waals surface area contributed by atoms with E-state index in [2.05, 4.69) is 48.7 Å². The van der Waals surface area contributed by atoms with E-state index in [4.69, 9.17) is 0 Å². The molecule has 2 aromatic carbocycles. The van der Waals surface area contributed by atoms with Crippen LogP contribution in [0.15, 0.2) is 42.5 Å². The van der Waals surface area contributed by atoms with Crippen LogP contribution in [0, 0.1) is 11.6 Å². The second kappa shape index (κ2) is 11.0. The second-order valence-electron chi connectivity index (χ2n) is 9.24. The number of amides is 1. The Labute approximate surface area is 189 Å². The van der Waals surface area contributed by atoms with Crippen LogP contribution in [-0.4, -0.2) is 30.2 Å². The van der Waals surface area contributed by atoms with Crippen LogP contribution in [0.25, 0.3) is 0 Å². The molecule has 2 aromatic rings. The second-order valence-corrected chi connectivity index (χ2v) is 9.24. The van der Waals surface area contributed by atoms with Crippen molar-refractivity contribution in [2.75, 3.05) is 6.54 Å². The fraction of sp³-hybridized carbons (Fsp3) is 0.500. The van der Waals surface area contributed by atoms with E-state index in [-0.39, 0.29) is 18.5 Å². The van der Waals surface area contributed by atoms with Gasteiger partial charge in [0.15, 0.2) is 0 Å². The Kier molecular flexibility index (Phi) is 8.38. The molecular formula is C26H34F2N2O2. The maximum atomic E-state index is 13.6. The minimum atomic E-state index is -0.918. The highest BCUT2D eigenvalue weighted by atomic mass is 19.1. The quantitative estimate of drug-likeness (QED) is 0.471. The van der Waals surface area contributed by atoms with Gasteiger partial charge in [0.1, 0.15) is 11.6 Å². The maximum Gasteiger partial charge on any atom is 0.207 e. The largest absolute Gasteiger partial charge is 0.390 e. The van der Waals surface area contributed by atoms with Crippen molar-refractivity contribution in [1.29, 1.82) is 0 Å². The molecule has 0 spiro atoms. The number of aliphatic hydroxyl groups excluding tert-OH is 1. The van der Waals surface area contributed by atoms with Crippen molar-refractivity contribution in [3.8, 4) is 0 Å². The number of rotatable bonds is 10. The van der Waals surface area contributed by atoms with Crippen LogP contribution >= 0.6 is 0 Å². The topological polar surface area (TPSA) is 61.4 Å². The van der Waals surface area contributed by atoms with Gasteiger partial charge in [-0.05, 0) is 54.0 Å².